The topological polar surface area (TPSA) is 84.7 Å². The molecule has 7 nitrogen and oxygen atoms in total. The average molecular weight is 373 g/mol. The predicted octanol–water partition coefficient (Wildman–Crippen LogP) is 3.45. The molecule has 136 valence electrons. The van der Waals surface area contributed by atoms with Crippen molar-refractivity contribution < 1.29 is 13.9 Å². The maximum atomic E-state index is 11.9. The maximum absolute atomic E-state index is 11.9. The first-order valence-electron chi connectivity index (χ1n) is 8.12. The van der Waals surface area contributed by atoms with Gasteiger partial charge in [-0.15, -0.1) is 11.3 Å². The number of hydrogen-bond acceptors (Lipinski definition) is 7. The number of carbonyl (C=O) groups excluding carboxylic acids is 1. The second-order valence-corrected chi connectivity index (χ2v) is 6.72. The Hall–Kier alpha value is -2.71. The van der Waals surface area contributed by atoms with Gasteiger partial charge in [0.15, 0.2) is 0 Å². The van der Waals surface area contributed by atoms with Crippen molar-refractivity contribution in [2.24, 2.45) is 0 Å². The highest BCUT2D eigenvalue weighted by molar-refractivity contribution is 7.09. The van der Waals surface area contributed by atoms with Gasteiger partial charge in [0, 0.05) is 41.3 Å². The van der Waals surface area contributed by atoms with E-state index in [4.69, 9.17) is 9.15 Å². The van der Waals surface area contributed by atoms with E-state index >= 15 is 0 Å². The van der Waals surface area contributed by atoms with Crippen LogP contribution in [-0.4, -0.2) is 29.6 Å². The first kappa shape index (κ1) is 18.1. The quantitative estimate of drug-likeness (QED) is 0.666. The van der Waals surface area contributed by atoms with Gasteiger partial charge < -0.3 is 9.15 Å². The van der Waals surface area contributed by atoms with Crippen LogP contribution in [-0.2, 0) is 17.8 Å². The number of anilines is 1. The van der Waals surface area contributed by atoms with Crippen molar-refractivity contribution in [1.29, 1.82) is 0 Å². The summed E-state index contributed by atoms with van der Waals surface area (Å²) in [5, 5.41) is 6.38. The van der Waals surface area contributed by atoms with Crippen molar-refractivity contribution in [3.05, 3.63) is 56.8 Å². The van der Waals surface area contributed by atoms with Crippen LogP contribution in [0, 0.1) is 0 Å². The maximum Gasteiger partial charge on any atom is 0.411 e. The molecule has 3 rings (SSSR count). The number of fused-ring (bicyclic) bond motifs is 1. The Labute approximate surface area is 154 Å². The van der Waals surface area contributed by atoms with Gasteiger partial charge in [0.2, 0.25) is 0 Å². The molecule has 0 unspecified atom stereocenters. The van der Waals surface area contributed by atoms with Crippen molar-refractivity contribution in [3.63, 3.8) is 0 Å². The number of rotatable bonds is 6. The molecule has 3 aromatic rings. The lowest BCUT2D eigenvalue weighted by molar-refractivity contribution is 0.168. The van der Waals surface area contributed by atoms with E-state index in [-0.39, 0.29) is 6.61 Å². The molecule has 2 aromatic heterocycles. The molecule has 0 aliphatic heterocycles. The van der Waals surface area contributed by atoms with Crippen LogP contribution in [0.5, 0.6) is 0 Å². The van der Waals surface area contributed by atoms with E-state index in [2.05, 4.69) is 15.2 Å². The van der Waals surface area contributed by atoms with E-state index in [1.807, 2.05) is 18.5 Å². The van der Waals surface area contributed by atoms with E-state index in [1.54, 1.807) is 36.6 Å². The summed E-state index contributed by atoms with van der Waals surface area (Å²) in [7, 11) is 1.97. The lowest BCUT2D eigenvalue weighted by Crippen LogP contribution is -2.18. The molecular formula is C18H19N3O4S. The van der Waals surface area contributed by atoms with Gasteiger partial charge in [-0.2, -0.15) is 0 Å². The van der Waals surface area contributed by atoms with Crippen molar-refractivity contribution in [2.45, 2.75) is 20.0 Å². The van der Waals surface area contributed by atoms with Gasteiger partial charge in [0.1, 0.15) is 10.6 Å². The molecule has 2 heterocycles. The Morgan fingerprint density at radius 1 is 1.35 bits per heavy atom. The molecule has 26 heavy (non-hydrogen) atoms. The summed E-state index contributed by atoms with van der Waals surface area (Å²) in [6, 6.07) is 6.70. The Morgan fingerprint density at radius 2 is 2.19 bits per heavy atom. The molecule has 0 aliphatic rings. The van der Waals surface area contributed by atoms with E-state index < -0.39 is 11.7 Å². The third-order valence-electron chi connectivity index (χ3n) is 3.68. The number of nitrogens with one attached hydrogen (secondary N) is 1. The van der Waals surface area contributed by atoms with Crippen LogP contribution in [0.4, 0.5) is 10.5 Å². The van der Waals surface area contributed by atoms with Crippen LogP contribution >= 0.6 is 11.3 Å². The molecule has 0 fully saturated rings. The van der Waals surface area contributed by atoms with E-state index in [9.17, 15) is 9.59 Å². The van der Waals surface area contributed by atoms with Crippen molar-refractivity contribution in [1.82, 2.24) is 9.88 Å². The van der Waals surface area contributed by atoms with E-state index in [0.717, 1.165) is 16.0 Å². The fraction of sp³-hybridized carbons (Fsp3) is 0.278. The summed E-state index contributed by atoms with van der Waals surface area (Å²) in [6.45, 7) is 3.28. The number of benzene rings is 1. The minimum atomic E-state index is -0.548. The van der Waals surface area contributed by atoms with Crippen LogP contribution in [0.25, 0.3) is 11.0 Å². The fourth-order valence-corrected chi connectivity index (χ4v) is 3.33. The third-order valence-corrected chi connectivity index (χ3v) is 4.45. The Balaban J connectivity index is 1.83. The standard InChI is InChI=1S/C18H19N3O4S/c1-3-24-18(23)20-13-4-5-14-12(8-17(22)25-15(14)9-13)10-21(2)11-16-19-6-7-26-16/h4-9H,3,10-11H2,1-2H3,(H,20,23). The fourth-order valence-electron chi connectivity index (χ4n) is 2.63. The molecule has 1 aromatic carbocycles. The molecule has 0 saturated carbocycles. The normalized spacial score (nSPS) is 11.0. The van der Waals surface area contributed by atoms with E-state index in [1.165, 1.54) is 6.07 Å². The van der Waals surface area contributed by atoms with Gasteiger partial charge in [-0.1, -0.05) is 0 Å². The summed E-state index contributed by atoms with van der Waals surface area (Å²) in [4.78, 5) is 29.8. The van der Waals surface area contributed by atoms with Gasteiger partial charge in [-0.3, -0.25) is 10.2 Å². The average Bonchev–Trinajstić information content (AvgIpc) is 3.07. The highest BCUT2D eigenvalue weighted by Crippen LogP contribution is 2.23. The molecule has 0 aliphatic carbocycles. The van der Waals surface area contributed by atoms with Crippen LogP contribution in [0.2, 0.25) is 0 Å². The molecule has 0 atom stereocenters. The van der Waals surface area contributed by atoms with E-state index in [0.29, 0.717) is 24.4 Å². The minimum Gasteiger partial charge on any atom is -0.450 e. The number of hydrogen-bond donors (Lipinski definition) is 1. The highest BCUT2D eigenvalue weighted by Gasteiger charge is 2.11. The number of amides is 1. The lowest BCUT2D eigenvalue weighted by Gasteiger charge is -2.16. The molecule has 1 amide bonds. The summed E-state index contributed by atoms with van der Waals surface area (Å²) in [5.41, 5.74) is 1.36. The second-order valence-electron chi connectivity index (χ2n) is 5.75. The summed E-state index contributed by atoms with van der Waals surface area (Å²) < 4.78 is 10.1. The third kappa shape index (κ3) is 4.47. The van der Waals surface area contributed by atoms with Crippen molar-refractivity contribution >= 4 is 34.1 Å². The number of aromatic nitrogens is 1. The summed E-state index contributed by atoms with van der Waals surface area (Å²) >= 11 is 1.60. The Morgan fingerprint density at radius 3 is 2.92 bits per heavy atom. The van der Waals surface area contributed by atoms with Crippen LogP contribution < -0.4 is 10.9 Å². The zero-order chi connectivity index (χ0) is 18.5. The SMILES string of the molecule is CCOC(=O)Nc1ccc2c(CN(C)Cc3nccs3)cc(=O)oc2c1. The lowest BCUT2D eigenvalue weighted by atomic mass is 10.1. The predicted molar refractivity (Wildman–Crippen MR) is 100 cm³/mol. The number of nitrogens with zero attached hydrogens (tertiary/aromatic N) is 2. The van der Waals surface area contributed by atoms with Gasteiger partial charge in [-0.25, -0.2) is 14.6 Å². The smallest absolute Gasteiger partial charge is 0.411 e. The van der Waals surface area contributed by atoms with Crippen molar-refractivity contribution in [2.75, 3.05) is 19.0 Å². The van der Waals surface area contributed by atoms with Crippen LogP contribution in [0.15, 0.2) is 45.1 Å². The molecule has 0 saturated heterocycles. The molecule has 0 spiro atoms. The number of carbonyl (C=O) groups is 1. The summed E-state index contributed by atoms with van der Waals surface area (Å²) in [5.74, 6) is 0. The Kier molecular flexibility index (Phi) is 5.65. The van der Waals surface area contributed by atoms with Gasteiger partial charge >= 0.3 is 11.7 Å². The van der Waals surface area contributed by atoms with Crippen molar-refractivity contribution in [3.8, 4) is 0 Å². The number of ether oxygens (including phenoxy) is 1. The first-order chi connectivity index (χ1) is 12.5. The molecule has 1 N–H and O–H groups in total. The second kappa shape index (κ2) is 8.11. The molecule has 0 radical (unpaired) electrons. The molecular weight excluding hydrogens is 354 g/mol. The van der Waals surface area contributed by atoms with Crippen LogP contribution in [0.3, 0.4) is 0 Å². The number of thiazole rings is 1. The minimum absolute atomic E-state index is 0.282. The summed E-state index contributed by atoms with van der Waals surface area (Å²) in [6.07, 6.45) is 1.23. The van der Waals surface area contributed by atoms with Gasteiger partial charge in [0.25, 0.3) is 0 Å². The van der Waals surface area contributed by atoms with Gasteiger partial charge in [-0.05, 0) is 31.7 Å². The first-order valence-corrected chi connectivity index (χ1v) is 9.00. The zero-order valence-electron chi connectivity index (χ0n) is 14.5. The zero-order valence-corrected chi connectivity index (χ0v) is 15.3. The monoisotopic (exact) mass is 373 g/mol. The van der Waals surface area contributed by atoms with Crippen LogP contribution in [0.1, 0.15) is 17.5 Å². The van der Waals surface area contributed by atoms with Gasteiger partial charge in [0.05, 0.1) is 13.2 Å². The molecule has 8 heteroatoms. The highest BCUT2D eigenvalue weighted by atomic mass is 32.1. The largest absolute Gasteiger partial charge is 0.450 e. The Bertz CT molecular complexity index is 953. The molecule has 0 bridgehead atoms.